The molecule has 2 rings (SSSR count). The number of rotatable bonds is 6. The lowest BCUT2D eigenvalue weighted by atomic mass is 10.2. The van der Waals surface area contributed by atoms with E-state index in [-0.39, 0.29) is 12.0 Å². The first-order valence-electron chi connectivity index (χ1n) is 7.02. The lowest BCUT2D eigenvalue weighted by Gasteiger charge is -2.22. The van der Waals surface area contributed by atoms with Gasteiger partial charge in [-0.3, -0.25) is 0 Å². The van der Waals surface area contributed by atoms with Gasteiger partial charge in [-0.25, -0.2) is 9.48 Å². The van der Waals surface area contributed by atoms with Crippen LogP contribution in [-0.4, -0.2) is 47.1 Å². The summed E-state index contributed by atoms with van der Waals surface area (Å²) in [6.45, 7) is 5.67. The van der Waals surface area contributed by atoms with Crippen LogP contribution in [0.4, 0.5) is 0 Å². The minimum Gasteiger partial charge on any atom is -0.461 e. The van der Waals surface area contributed by atoms with E-state index in [4.69, 9.17) is 14.2 Å². The summed E-state index contributed by atoms with van der Waals surface area (Å²) >= 11 is 0. The van der Waals surface area contributed by atoms with Gasteiger partial charge in [-0.2, -0.15) is 0 Å². The van der Waals surface area contributed by atoms with Gasteiger partial charge in [-0.1, -0.05) is 5.21 Å². The summed E-state index contributed by atoms with van der Waals surface area (Å²) in [7, 11) is 0. The van der Waals surface area contributed by atoms with Crippen molar-refractivity contribution >= 4 is 5.97 Å². The fraction of sp³-hybridized carbons (Fsp3) is 0.769. The number of aromatic nitrogens is 3. The molecular formula is C13H21N3O4. The molecule has 1 aromatic heterocycles. The molecule has 0 amide bonds. The molecule has 1 aliphatic rings. The second kappa shape index (κ2) is 7.35. The summed E-state index contributed by atoms with van der Waals surface area (Å²) in [6.07, 6.45) is 3.06. The van der Waals surface area contributed by atoms with Crippen LogP contribution >= 0.6 is 0 Å². The highest BCUT2D eigenvalue weighted by Crippen LogP contribution is 2.13. The molecule has 1 saturated heterocycles. The average molecular weight is 283 g/mol. The van der Waals surface area contributed by atoms with Crippen LogP contribution in [0.1, 0.15) is 42.4 Å². The van der Waals surface area contributed by atoms with E-state index in [1.165, 1.54) is 0 Å². The Morgan fingerprint density at radius 3 is 3.05 bits per heavy atom. The fourth-order valence-corrected chi connectivity index (χ4v) is 2.07. The maximum absolute atomic E-state index is 11.6. The monoisotopic (exact) mass is 283 g/mol. The second-order valence-corrected chi connectivity index (χ2v) is 4.63. The molecule has 1 fully saturated rings. The summed E-state index contributed by atoms with van der Waals surface area (Å²) in [6, 6.07) is 0. The van der Waals surface area contributed by atoms with Crippen LogP contribution in [0.15, 0.2) is 0 Å². The molecule has 112 valence electrons. The highest BCUT2D eigenvalue weighted by molar-refractivity contribution is 5.88. The lowest BCUT2D eigenvalue weighted by molar-refractivity contribution is -0.163. The van der Waals surface area contributed by atoms with Crippen molar-refractivity contribution in [3.63, 3.8) is 0 Å². The molecule has 0 saturated carbocycles. The predicted molar refractivity (Wildman–Crippen MR) is 70.3 cm³/mol. The van der Waals surface area contributed by atoms with Gasteiger partial charge in [-0.15, -0.1) is 5.10 Å². The smallest absolute Gasteiger partial charge is 0.360 e. The first-order valence-corrected chi connectivity index (χ1v) is 7.02. The molecule has 0 N–H and O–H groups in total. The van der Waals surface area contributed by atoms with Crippen LogP contribution in [0.2, 0.25) is 0 Å². The molecule has 2 heterocycles. The van der Waals surface area contributed by atoms with E-state index in [2.05, 4.69) is 10.3 Å². The third-order valence-electron chi connectivity index (χ3n) is 3.20. The number of ether oxygens (including phenoxy) is 3. The summed E-state index contributed by atoms with van der Waals surface area (Å²) in [5.74, 6) is -0.437. The van der Waals surface area contributed by atoms with Crippen molar-refractivity contribution in [1.82, 2.24) is 15.0 Å². The van der Waals surface area contributed by atoms with Crippen molar-refractivity contribution in [3.8, 4) is 0 Å². The van der Waals surface area contributed by atoms with Crippen LogP contribution < -0.4 is 0 Å². The van der Waals surface area contributed by atoms with Gasteiger partial charge >= 0.3 is 5.97 Å². The lowest BCUT2D eigenvalue weighted by Crippen LogP contribution is -2.24. The quantitative estimate of drug-likeness (QED) is 0.733. The zero-order chi connectivity index (χ0) is 14.4. The van der Waals surface area contributed by atoms with E-state index in [1.54, 1.807) is 18.5 Å². The van der Waals surface area contributed by atoms with Gasteiger partial charge in [0.1, 0.15) is 0 Å². The number of hydrogen-bond donors (Lipinski definition) is 0. The number of hydrogen-bond acceptors (Lipinski definition) is 6. The Morgan fingerprint density at radius 2 is 2.35 bits per heavy atom. The molecule has 1 aliphatic heterocycles. The first-order chi connectivity index (χ1) is 9.72. The largest absolute Gasteiger partial charge is 0.461 e. The van der Waals surface area contributed by atoms with Crippen molar-refractivity contribution in [2.24, 2.45) is 0 Å². The van der Waals surface area contributed by atoms with E-state index in [1.807, 2.05) is 0 Å². The van der Waals surface area contributed by atoms with E-state index >= 15 is 0 Å². The first kappa shape index (κ1) is 14.9. The van der Waals surface area contributed by atoms with E-state index in [9.17, 15) is 4.79 Å². The molecule has 7 nitrogen and oxygen atoms in total. The molecule has 1 unspecified atom stereocenters. The van der Waals surface area contributed by atoms with Gasteiger partial charge in [0, 0.05) is 6.61 Å². The highest BCUT2D eigenvalue weighted by Gasteiger charge is 2.18. The summed E-state index contributed by atoms with van der Waals surface area (Å²) in [5, 5.41) is 7.80. The van der Waals surface area contributed by atoms with E-state index in [0.29, 0.717) is 25.5 Å². The Hall–Kier alpha value is -1.47. The van der Waals surface area contributed by atoms with Crippen molar-refractivity contribution in [1.29, 1.82) is 0 Å². The van der Waals surface area contributed by atoms with Crippen molar-refractivity contribution in [3.05, 3.63) is 11.4 Å². The molecule has 1 atom stereocenters. The molecule has 0 bridgehead atoms. The van der Waals surface area contributed by atoms with Crippen molar-refractivity contribution in [2.45, 2.75) is 45.9 Å². The number of carbonyl (C=O) groups excluding carboxylic acids is 1. The Balaban J connectivity index is 1.82. The zero-order valence-electron chi connectivity index (χ0n) is 12.0. The van der Waals surface area contributed by atoms with Crippen LogP contribution in [0, 0.1) is 6.92 Å². The van der Waals surface area contributed by atoms with E-state index < -0.39 is 5.97 Å². The molecular weight excluding hydrogens is 262 g/mol. The fourth-order valence-electron chi connectivity index (χ4n) is 2.07. The normalized spacial score (nSPS) is 19.0. The summed E-state index contributed by atoms with van der Waals surface area (Å²) < 4.78 is 17.7. The summed E-state index contributed by atoms with van der Waals surface area (Å²) in [4.78, 5) is 11.6. The van der Waals surface area contributed by atoms with E-state index in [0.717, 1.165) is 25.9 Å². The topological polar surface area (TPSA) is 75.5 Å². The number of esters is 1. The van der Waals surface area contributed by atoms with Gasteiger partial charge in [0.15, 0.2) is 12.0 Å². The minimum absolute atomic E-state index is 0.114. The molecule has 1 aromatic rings. The molecule has 0 spiro atoms. The summed E-state index contributed by atoms with van der Waals surface area (Å²) in [5.41, 5.74) is 0.956. The van der Waals surface area contributed by atoms with Crippen LogP contribution in [0.25, 0.3) is 0 Å². The second-order valence-electron chi connectivity index (χ2n) is 4.63. The minimum atomic E-state index is -0.437. The third kappa shape index (κ3) is 3.77. The molecule has 7 heteroatoms. The predicted octanol–water partition coefficient (Wildman–Crippen LogP) is 1.31. The highest BCUT2D eigenvalue weighted by atomic mass is 16.7. The maximum atomic E-state index is 11.6. The van der Waals surface area contributed by atoms with Crippen LogP contribution in [0.5, 0.6) is 0 Å². The standard InChI is InChI=1S/C13H21N3O4/c1-3-18-13(17)12-10(2)16(15-14-12)7-9-20-11-6-4-5-8-19-11/h11H,3-9H2,1-2H3. The van der Waals surface area contributed by atoms with Gasteiger partial charge in [-0.05, 0) is 33.1 Å². The molecule has 0 aliphatic carbocycles. The Kier molecular flexibility index (Phi) is 5.49. The number of nitrogens with zero attached hydrogens (tertiary/aromatic N) is 3. The van der Waals surface area contributed by atoms with Gasteiger partial charge in [0.2, 0.25) is 0 Å². The Bertz CT molecular complexity index is 441. The maximum Gasteiger partial charge on any atom is 0.360 e. The molecule has 0 aromatic carbocycles. The van der Waals surface area contributed by atoms with Crippen molar-refractivity contribution < 1.29 is 19.0 Å². The van der Waals surface area contributed by atoms with Crippen LogP contribution in [0.3, 0.4) is 0 Å². The SMILES string of the molecule is CCOC(=O)c1nnn(CCOC2CCCCO2)c1C. The molecule has 20 heavy (non-hydrogen) atoms. The van der Waals surface area contributed by atoms with Crippen molar-refractivity contribution in [2.75, 3.05) is 19.8 Å². The average Bonchev–Trinajstić information content (AvgIpc) is 2.82. The Morgan fingerprint density at radius 1 is 1.50 bits per heavy atom. The van der Waals surface area contributed by atoms with Gasteiger partial charge in [0.05, 0.1) is 25.5 Å². The van der Waals surface area contributed by atoms with Gasteiger partial charge < -0.3 is 14.2 Å². The molecule has 0 radical (unpaired) electrons. The Labute approximate surface area is 118 Å². The number of carbonyl (C=O) groups is 1. The third-order valence-corrected chi connectivity index (χ3v) is 3.20. The van der Waals surface area contributed by atoms with Crippen LogP contribution in [-0.2, 0) is 20.8 Å². The van der Waals surface area contributed by atoms with Gasteiger partial charge in [0.25, 0.3) is 0 Å². The zero-order valence-corrected chi connectivity index (χ0v) is 12.0.